The van der Waals surface area contributed by atoms with Crippen LogP contribution >= 0.6 is 11.6 Å². The lowest BCUT2D eigenvalue weighted by molar-refractivity contribution is 0.583. The molecule has 3 aromatic carbocycles. The number of rotatable bonds is 5. The Balaban J connectivity index is 1.61. The summed E-state index contributed by atoms with van der Waals surface area (Å²) in [5.74, 6) is -2.38. The topological polar surface area (TPSA) is 146 Å². The molecule has 0 bridgehead atoms. The third kappa shape index (κ3) is 4.51. The first-order chi connectivity index (χ1) is 18.0. The summed E-state index contributed by atoms with van der Waals surface area (Å²) in [6.45, 7) is 0. The van der Waals surface area contributed by atoms with E-state index in [9.17, 15) is 22.0 Å². The molecular weight excluding hydrogens is 538 g/mol. The summed E-state index contributed by atoms with van der Waals surface area (Å²) in [6, 6.07) is 14.9. The van der Waals surface area contributed by atoms with Gasteiger partial charge in [-0.3, -0.25) is 9.52 Å². The van der Waals surface area contributed by atoms with E-state index in [-0.39, 0.29) is 17.2 Å². The molecule has 0 fully saturated rings. The maximum atomic E-state index is 14.1. The van der Waals surface area contributed by atoms with Crippen LogP contribution in [0.1, 0.15) is 0 Å². The zero-order chi connectivity index (χ0) is 27.2. The first kappa shape index (κ1) is 25.1. The molecule has 0 aliphatic rings. The Morgan fingerprint density at radius 3 is 2.45 bits per heavy atom. The van der Waals surface area contributed by atoms with Gasteiger partial charge in [-0.05, 0) is 48.0 Å². The average Bonchev–Trinajstić information content (AvgIpc) is 2.87. The van der Waals surface area contributed by atoms with Gasteiger partial charge in [-0.2, -0.15) is 0 Å². The molecule has 5 aromatic rings. The Labute approximate surface area is 219 Å². The molecule has 0 saturated carbocycles. The van der Waals surface area contributed by atoms with Crippen molar-refractivity contribution in [2.75, 3.05) is 16.2 Å². The van der Waals surface area contributed by atoms with Gasteiger partial charge in [0.15, 0.2) is 0 Å². The van der Waals surface area contributed by atoms with Crippen molar-refractivity contribution in [2.24, 2.45) is 0 Å². The van der Waals surface area contributed by atoms with Crippen LogP contribution in [0, 0.1) is 11.6 Å². The minimum atomic E-state index is -4.42. The fourth-order valence-corrected chi connectivity index (χ4v) is 5.24. The van der Waals surface area contributed by atoms with Crippen LogP contribution in [-0.4, -0.2) is 23.0 Å². The normalized spacial score (nSPS) is 11.6. The zero-order valence-electron chi connectivity index (χ0n) is 19.2. The fraction of sp³-hybridized carbons (Fsp3) is 0. The Morgan fingerprint density at radius 2 is 1.71 bits per heavy atom. The van der Waals surface area contributed by atoms with Crippen LogP contribution in [0.3, 0.4) is 0 Å². The molecule has 38 heavy (non-hydrogen) atoms. The molecule has 0 saturated heterocycles. The van der Waals surface area contributed by atoms with Crippen molar-refractivity contribution in [3.63, 3.8) is 0 Å². The fourth-order valence-electron chi connectivity index (χ4n) is 3.85. The van der Waals surface area contributed by atoms with Gasteiger partial charge in [-0.25, -0.2) is 31.7 Å². The van der Waals surface area contributed by atoms with E-state index in [1.807, 2.05) is 4.72 Å². The smallest absolute Gasteiger partial charge is 0.267 e. The van der Waals surface area contributed by atoms with Crippen molar-refractivity contribution in [3.05, 3.63) is 99.9 Å². The number of hydrogen-bond donors (Lipinski definition) is 3. The van der Waals surface area contributed by atoms with Crippen LogP contribution in [-0.2, 0) is 10.0 Å². The SMILES string of the molecule is Nc1ncc(-c2ccc3nc(N)n(-c4ccccc4Cl)c(=O)c3c2)cc1S(=O)(=O)Nc1ccc(F)cc1F. The van der Waals surface area contributed by atoms with Crippen LogP contribution in [0.25, 0.3) is 27.7 Å². The molecule has 192 valence electrons. The molecule has 2 heterocycles. The molecule has 0 amide bonds. The Morgan fingerprint density at radius 1 is 0.947 bits per heavy atom. The number of nitrogens with one attached hydrogen (secondary N) is 1. The molecular formula is C25H17ClF2N6O3S. The number of anilines is 3. The second-order valence-electron chi connectivity index (χ2n) is 8.13. The number of fused-ring (bicyclic) bond motifs is 1. The number of nitrogens with zero attached hydrogens (tertiary/aromatic N) is 3. The first-order valence-corrected chi connectivity index (χ1v) is 12.7. The average molecular weight is 555 g/mol. The van der Waals surface area contributed by atoms with E-state index >= 15 is 0 Å². The number of aromatic nitrogens is 3. The Bertz CT molecular complexity index is 1910. The minimum absolute atomic E-state index is 0.0648. The van der Waals surface area contributed by atoms with Crippen molar-refractivity contribution in [3.8, 4) is 16.8 Å². The number of hydrogen-bond acceptors (Lipinski definition) is 7. The van der Waals surface area contributed by atoms with Crippen molar-refractivity contribution in [2.45, 2.75) is 4.90 Å². The highest BCUT2D eigenvalue weighted by atomic mass is 35.5. The summed E-state index contributed by atoms with van der Waals surface area (Å²) in [5.41, 5.74) is 12.3. The molecule has 0 aliphatic carbocycles. The highest BCUT2D eigenvalue weighted by Gasteiger charge is 2.22. The lowest BCUT2D eigenvalue weighted by atomic mass is 10.1. The molecule has 0 unspecified atom stereocenters. The summed E-state index contributed by atoms with van der Waals surface area (Å²) in [6.07, 6.45) is 1.32. The number of halogens is 3. The van der Waals surface area contributed by atoms with Gasteiger partial charge in [0.1, 0.15) is 22.3 Å². The summed E-state index contributed by atoms with van der Waals surface area (Å²) in [7, 11) is -4.42. The van der Waals surface area contributed by atoms with Crippen LogP contribution in [0.4, 0.5) is 26.2 Å². The molecule has 0 aliphatic heterocycles. The van der Waals surface area contributed by atoms with Gasteiger partial charge in [0, 0.05) is 17.8 Å². The number of sulfonamides is 1. The van der Waals surface area contributed by atoms with Crippen LogP contribution in [0.5, 0.6) is 0 Å². The maximum absolute atomic E-state index is 14.1. The first-order valence-electron chi connectivity index (χ1n) is 10.9. The van der Waals surface area contributed by atoms with Crippen molar-refractivity contribution in [1.29, 1.82) is 0 Å². The molecule has 9 nitrogen and oxygen atoms in total. The highest BCUT2D eigenvalue weighted by molar-refractivity contribution is 7.92. The number of benzene rings is 3. The predicted molar refractivity (Wildman–Crippen MR) is 142 cm³/mol. The van der Waals surface area contributed by atoms with Crippen LogP contribution in [0.15, 0.2) is 82.6 Å². The Kier molecular flexibility index (Phi) is 6.21. The quantitative estimate of drug-likeness (QED) is 0.293. The molecule has 0 atom stereocenters. The van der Waals surface area contributed by atoms with Crippen molar-refractivity contribution in [1.82, 2.24) is 14.5 Å². The third-order valence-electron chi connectivity index (χ3n) is 5.67. The summed E-state index contributed by atoms with van der Waals surface area (Å²) < 4.78 is 56.5. The van der Waals surface area contributed by atoms with Crippen LogP contribution < -0.4 is 21.7 Å². The summed E-state index contributed by atoms with van der Waals surface area (Å²) in [5, 5.41) is 0.477. The monoisotopic (exact) mass is 554 g/mol. The molecule has 5 N–H and O–H groups in total. The summed E-state index contributed by atoms with van der Waals surface area (Å²) in [4.78, 5) is 21.2. The standard InChI is InChI=1S/C25H17ClF2N6O3S/c26-17-3-1-2-4-21(17)34-24(35)16-9-13(5-7-19(16)32-25(34)30)14-10-22(23(29)31-12-14)38(36,37)33-20-8-6-15(27)11-18(20)28/h1-12,33H,(H2,29,31)(H2,30,32). The summed E-state index contributed by atoms with van der Waals surface area (Å²) >= 11 is 6.26. The van der Waals surface area contributed by atoms with Gasteiger partial charge in [-0.1, -0.05) is 29.8 Å². The van der Waals surface area contributed by atoms with E-state index in [0.717, 1.165) is 12.1 Å². The van der Waals surface area contributed by atoms with Crippen LogP contribution in [0.2, 0.25) is 5.02 Å². The van der Waals surface area contributed by atoms with Gasteiger partial charge in [0.25, 0.3) is 15.6 Å². The van der Waals surface area contributed by atoms with E-state index in [2.05, 4.69) is 9.97 Å². The van der Waals surface area contributed by atoms with Gasteiger partial charge >= 0.3 is 0 Å². The van der Waals surface area contributed by atoms with Gasteiger partial charge < -0.3 is 11.5 Å². The second kappa shape index (κ2) is 9.39. The maximum Gasteiger partial charge on any atom is 0.267 e. The third-order valence-corrected chi connectivity index (χ3v) is 7.38. The number of nitrogen functional groups attached to an aromatic ring is 2. The molecule has 5 rings (SSSR count). The van der Waals surface area contributed by atoms with E-state index in [1.165, 1.54) is 22.9 Å². The molecule has 0 radical (unpaired) electrons. The Hall–Kier alpha value is -4.55. The second-order valence-corrected chi connectivity index (χ2v) is 10.2. The predicted octanol–water partition coefficient (Wildman–Crippen LogP) is 4.34. The van der Waals surface area contributed by atoms with E-state index in [0.29, 0.717) is 33.4 Å². The lowest BCUT2D eigenvalue weighted by Gasteiger charge is -2.13. The lowest BCUT2D eigenvalue weighted by Crippen LogP contribution is -2.23. The molecule has 2 aromatic heterocycles. The van der Waals surface area contributed by atoms with Crippen molar-refractivity contribution < 1.29 is 17.2 Å². The number of pyridine rings is 1. The zero-order valence-corrected chi connectivity index (χ0v) is 20.8. The van der Waals surface area contributed by atoms with Gasteiger partial charge in [0.05, 0.1) is 27.3 Å². The minimum Gasteiger partial charge on any atom is -0.383 e. The largest absolute Gasteiger partial charge is 0.383 e. The number of para-hydroxylation sites is 1. The van der Waals surface area contributed by atoms with E-state index < -0.39 is 37.8 Å². The van der Waals surface area contributed by atoms with Gasteiger partial charge in [-0.15, -0.1) is 0 Å². The number of nitrogens with two attached hydrogens (primary N) is 2. The molecule has 0 spiro atoms. The molecule has 13 heteroatoms. The highest BCUT2D eigenvalue weighted by Crippen LogP contribution is 2.29. The van der Waals surface area contributed by atoms with E-state index in [1.54, 1.807) is 36.4 Å². The van der Waals surface area contributed by atoms with Gasteiger partial charge in [0.2, 0.25) is 5.95 Å². The van der Waals surface area contributed by atoms with Crippen molar-refractivity contribution >= 4 is 50.0 Å². The van der Waals surface area contributed by atoms with E-state index in [4.69, 9.17) is 23.1 Å².